The van der Waals surface area contributed by atoms with E-state index in [-0.39, 0.29) is 18.1 Å². The lowest BCUT2D eigenvalue weighted by Crippen LogP contribution is -2.36. The molecule has 5 rings (SSSR count). The van der Waals surface area contributed by atoms with Crippen molar-refractivity contribution in [2.75, 3.05) is 45.4 Å². The van der Waals surface area contributed by atoms with E-state index >= 15 is 0 Å². The maximum atomic E-state index is 6.53. The Balaban J connectivity index is 1.26. The standard InChI is InChI=1S/C24H30N6O4/c1-31-23-27-21(28-24(29-23)32-2)13-16-3-5-18(6-4-16)34-20-15-17(30-9-11-33-12-10-30)14-19-22(20)26-8-7-25-19/h7-8,14-16,18H,3-6,9-13H2,1-2H3. The number of morpholine rings is 1. The van der Waals surface area contributed by atoms with Crippen LogP contribution >= 0.6 is 0 Å². The molecule has 2 fully saturated rings. The van der Waals surface area contributed by atoms with Gasteiger partial charge < -0.3 is 23.8 Å². The fourth-order valence-electron chi connectivity index (χ4n) is 4.67. The van der Waals surface area contributed by atoms with Crippen molar-refractivity contribution in [2.24, 2.45) is 5.92 Å². The van der Waals surface area contributed by atoms with E-state index in [1.54, 1.807) is 26.6 Å². The number of hydrogen-bond acceptors (Lipinski definition) is 10. The first-order valence-corrected chi connectivity index (χ1v) is 11.8. The molecule has 1 saturated heterocycles. The summed E-state index contributed by atoms with van der Waals surface area (Å²) >= 11 is 0. The second-order valence-corrected chi connectivity index (χ2v) is 8.66. The van der Waals surface area contributed by atoms with Crippen LogP contribution in [0.25, 0.3) is 11.0 Å². The van der Waals surface area contributed by atoms with Crippen LogP contribution in [0, 0.1) is 5.92 Å². The van der Waals surface area contributed by atoms with Crippen molar-refractivity contribution in [3.63, 3.8) is 0 Å². The molecule has 0 amide bonds. The highest BCUT2D eigenvalue weighted by Crippen LogP contribution is 2.34. The number of methoxy groups -OCH3 is 2. The minimum absolute atomic E-state index is 0.142. The Kier molecular flexibility index (Phi) is 6.84. The third-order valence-corrected chi connectivity index (χ3v) is 6.46. The molecule has 0 bridgehead atoms. The van der Waals surface area contributed by atoms with Gasteiger partial charge in [0.15, 0.2) is 0 Å². The normalized spacial score (nSPS) is 20.8. The van der Waals surface area contributed by atoms with Gasteiger partial charge in [-0.25, -0.2) is 4.98 Å². The average molecular weight is 467 g/mol. The largest absolute Gasteiger partial charge is 0.488 e. The van der Waals surface area contributed by atoms with Gasteiger partial charge in [-0.15, -0.1) is 4.98 Å². The van der Waals surface area contributed by atoms with Gasteiger partial charge >= 0.3 is 12.0 Å². The zero-order chi connectivity index (χ0) is 23.3. The van der Waals surface area contributed by atoms with E-state index in [9.17, 15) is 0 Å². The van der Waals surface area contributed by atoms with Crippen molar-refractivity contribution in [2.45, 2.75) is 38.2 Å². The van der Waals surface area contributed by atoms with Gasteiger partial charge in [0.1, 0.15) is 17.1 Å². The molecule has 0 N–H and O–H groups in total. The third kappa shape index (κ3) is 5.11. The fraction of sp³-hybridized carbons (Fsp3) is 0.542. The molecule has 1 aromatic carbocycles. The number of fused-ring (bicyclic) bond motifs is 1. The number of rotatable bonds is 7. The molecule has 10 nitrogen and oxygen atoms in total. The van der Waals surface area contributed by atoms with Crippen LogP contribution in [0.1, 0.15) is 31.5 Å². The highest BCUT2D eigenvalue weighted by Gasteiger charge is 2.25. The number of aromatic nitrogens is 5. The first-order chi connectivity index (χ1) is 16.7. The third-order valence-electron chi connectivity index (χ3n) is 6.46. The molecule has 1 aliphatic heterocycles. The van der Waals surface area contributed by atoms with Crippen molar-refractivity contribution in [3.05, 3.63) is 30.4 Å². The van der Waals surface area contributed by atoms with Crippen LogP contribution < -0.4 is 19.1 Å². The van der Waals surface area contributed by atoms with E-state index in [2.05, 4.69) is 42.0 Å². The van der Waals surface area contributed by atoms with E-state index in [1.165, 1.54) is 0 Å². The predicted octanol–water partition coefficient (Wildman–Crippen LogP) is 2.85. The maximum absolute atomic E-state index is 6.53. The molecule has 0 atom stereocenters. The highest BCUT2D eigenvalue weighted by atomic mass is 16.5. The zero-order valence-corrected chi connectivity index (χ0v) is 19.6. The van der Waals surface area contributed by atoms with Gasteiger partial charge in [-0.05, 0) is 37.7 Å². The molecule has 0 radical (unpaired) electrons. The second kappa shape index (κ2) is 10.3. The van der Waals surface area contributed by atoms with Crippen LogP contribution in [0.2, 0.25) is 0 Å². The number of ether oxygens (including phenoxy) is 4. The Hall–Kier alpha value is -3.27. The van der Waals surface area contributed by atoms with Crippen LogP contribution in [0.3, 0.4) is 0 Å². The van der Waals surface area contributed by atoms with E-state index in [0.717, 1.165) is 80.9 Å². The summed E-state index contributed by atoms with van der Waals surface area (Å²) in [4.78, 5) is 24.3. The van der Waals surface area contributed by atoms with Gasteiger partial charge in [0.05, 0.1) is 39.1 Å². The van der Waals surface area contributed by atoms with Gasteiger partial charge in [-0.3, -0.25) is 4.98 Å². The number of hydrogen-bond donors (Lipinski definition) is 0. The number of anilines is 1. The Labute approximate surface area is 198 Å². The molecule has 1 saturated carbocycles. The number of nitrogens with zero attached hydrogens (tertiary/aromatic N) is 6. The lowest BCUT2D eigenvalue weighted by molar-refractivity contribution is 0.122. The fourth-order valence-corrected chi connectivity index (χ4v) is 4.67. The summed E-state index contributed by atoms with van der Waals surface area (Å²) in [5.41, 5.74) is 2.77. The molecular weight excluding hydrogens is 436 g/mol. The van der Waals surface area contributed by atoms with Crippen molar-refractivity contribution < 1.29 is 18.9 Å². The molecule has 2 aromatic heterocycles. The smallest absolute Gasteiger partial charge is 0.322 e. The minimum Gasteiger partial charge on any atom is -0.488 e. The monoisotopic (exact) mass is 466 g/mol. The van der Waals surface area contributed by atoms with Crippen LogP contribution in [-0.2, 0) is 11.2 Å². The molecular formula is C24H30N6O4. The molecule has 3 aromatic rings. The van der Waals surface area contributed by atoms with Gasteiger partial charge in [0.25, 0.3) is 0 Å². The first-order valence-electron chi connectivity index (χ1n) is 11.8. The van der Waals surface area contributed by atoms with Gasteiger partial charge in [0.2, 0.25) is 0 Å². The topological polar surface area (TPSA) is 105 Å². The van der Waals surface area contributed by atoms with Crippen molar-refractivity contribution >= 4 is 16.7 Å². The van der Waals surface area contributed by atoms with Crippen molar-refractivity contribution in [1.29, 1.82) is 0 Å². The molecule has 0 spiro atoms. The first kappa shape index (κ1) is 22.5. The van der Waals surface area contributed by atoms with Crippen LogP contribution in [0.15, 0.2) is 24.5 Å². The lowest BCUT2D eigenvalue weighted by Gasteiger charge is -2.31. The van der Waals surface area contributed by atoms with Crippen molar-refractivity contribution in [1.82, 2.24) is 24.9 Å². The van der Waals surface area contributed by atoms with Crippen LogP contribution in [0.4, 0.5) is 5.69 Å². The summed E-state index contributed by atoms with van der Waals surface area (Å²) in [6.45, 7) is 3.20. The van der Waals surface area contributed by atoms with E-state index in [0.29, 0.717) is 11.7 Å². The predicted molar refractivity (Wildman–Crippen MR) is 126 cm³/mol. The molecule has 180 valence electrons. The lowest BCUT2D eigenvalue weighted by atomic mass is 9.85. The Morgan fingerprint density at radius 3 is 2.32 bits per heavy atom. The highest BCUT2D eigenvalue weighted by molar-refractivity contribution is 5.85. The van der Waals surface area contributed by atoms with Gasteiger partial charge in [-0.2, -0.15) is 9.97 Å². The SMILES string of the molecule is COc1nc(CC2CCC(Oc3cc(N4CCOCC4)cc4nccnc34)CC2)nc(OC)n1. The molecule has 1 aliphatic carbocycles. The van der Waals surface area contributed by atoms with E-state index < -0.39 is 0 Å². The van der Waals surface area contributed by atoms with E-state index in [4.69, 9.17) is 18.9 Å². The molecule has 0 unspecified atom stereocenters. The summed E-state index contributed by atoms with van der Waals surface area (Å²) in [5.74, 6) is 1.99. The summed E-state index contributed by atoms with van der Waals surface area (Å²) in [6, 6.07) is 4.77. The number of benzene rings is 1. The summed E-state index contributed by atoms with van der Waals surface area (Å²) in [5, 5.41) is 0. The van der Waals surface area contributed by atoms with E-state index in [1.807, 2.05) is 0 Å². The van der Waals surface area contributed by atoms with Gasteiger partial charge in [0, 0.05) is 43.7 Å². The summed E-state index contributed by atoms with van der Waals surface area (Å²) in [7, 11) is 3.09. The zero-order valence-electron chi connectivity index (χ0n) is 19.6. The Bertz CT molecular complexity index is 1090. The average Bonchev–Trinajstić information content (AvgIpc) is 2.90. The minimum atomic E-state index is 0.142. The molecule has 10 heteroatoms. The Morgan fingerprint density at radius 1 is 0.912 bits per heavy atom. The van der Waals surface area contributed by atoms with Crippen LogP contribution in [-0.4, -0.2) is 71.5 Å². The summed E-state index contributed by atoms with van der Waals surface area (Å²) in [6.07, 6.45) is 8.36. The molecule has 2 aliphatic rings. The quantitative estimate of drug-likeness (QED) is 0.516. The second-order valence-electron chi connectivity index (χ2n) is 8.66. The molecule has 34 heavy (non-hydrogen) atoms. The Morgan fingerprint density at radius 2 is 1.62 bits per heavy atom. The summed E-state index contributed by atoms with van der Waals surface area (Å²) < 4.78 is 22.4. The maximum Gasteiger partial charge on any atom is 0.322 e. The van der Waals surface area contributed by atoms with Gasteiger partial charge in [-0.1, -0.05) is 0 Å². The van der Waals surface area contributed by atoms with Crippen molar-refractivity contribution in [3.8, 4) is 17.8 Å². The molecule has 3 heterocycles. The van der Waals surface area contributed by atoms with Crippen LogP contribution in [0.5, 0.6) is 17.8 Å².